The van der Waals surface area contributed by atoms with Gasteiger partial charge in [0.15, 0.2) is 0 Å². The smallest absolute Gasteiger partial charge is 0.316 e. The lowest BCUT2D eigenvalue weighted by Gasteiger charge is -2.06. The van der Waals surface area contributed by atoms with Gasteiger partial charge < -0.3 is 14.8 Å². The van der Waals surface area contributed by atoms with Crippen LogP contribution in [0.5, 0.6) is 0 Å². The van der Waals surface area contributed by atoms with Gasteiger partial charge in [-0.3, -0.25) is 9.59 Å². The van der Waals surface area contributed by atoms with Gasteiger partial charge in [-0.2, -0.15) is 0 Å². The van der Waals surface area contributed by atoms with Crippen molar-refractivity contribution in [2.75, 3.05) is 5.75 Å². The van der Waals surface area contributed by atoms with Crippen molar-refractivity contribution in [2.24, 2.45) is 0 Å². The highest BCUT2D eigenvalue weighted by atomic mass is 32.2. The van der Waals surface area contributed by atoms with Crippen molar-refractivity contribution in [3.05, 3.63) is 24.2 Å². The number of carboxylic acid groups (broad SMARTS) is 1. The van der Waals surface area contributed by atoms with Gasteiger partial charge in [0.2, 0.25) is 5.91 Å². The molecule has 0 saturated heterocycles. The molecule has 1 aromatic heterocycles. The molecule has 0 bridgehead atoms. The Morgan fingerprint density at radius 2 is 2.38 bits per heavy atom. The molecule has 0 aliphatic rings. The first-order valence-corrected chi connectivity index (χ1v) is 5.78. The molecule has 1 rings (SSSR count). The van der Waals surface area contributed by atoms with Crippen molar-refractivity contribution >= 4 is 23.6 Å². The summed E-state index contributed by atoms with van der Waals surface area (Å²) < 4.78 is 5.03. The number of carbonyl (C=O) groups excluding carboxylic acids is 1. The van der Waals surface area contributed by atoms with Gasteiger partial charge in [-0.25, -0.2) is 0 Å². The van der Waals surface area contributed by atoms with Crippen LogP contribution in [0.3, 0.4) is 0 Å². The Bertz CT molecular complexity index is 350. The number of hydrogen-bond donors (Lipinski definition) is 2. The van der Waals surface area contributed by atoms with Crippen molar-refractivity contribution in [3.63, 3.8) is 0 Å². The SMILES string of the molecule is CC(SCC(=O)NCc1ccco1)C(=O)O. The minimum atomic E-state index is -0.913. The number of furan rings is 1. The third-order valence-electron chi connectivity index (χ3n) is 1.85. The number of carboxylic acids is 1. The van der Waals surface area contributed by atoms with Crippen LogP contribution >= 0.6 is 11.8 Å². The first kappa shape index (κ1) is 12.6. The summed E-state index contributed by atoms with van der Waals surface area (Å²) in [5.41, 5.74) is 0. The van der Waals surface area contributed by atoms with Crippen molar-refractivity contribution in [1.29, 1.82) is 0 Å². The maximum absolute atomic E-state index is 11.3. The monoisotopic (exact) mass is 243 g/mol. The molecule has 5 nitrogen and oxygen atoms in total. The number of carbonyl (C=O) groups is 2. The quantitative estimate of drug-likeness (QED) is 0.782. The van der Waals surface area contributed by atoms with Gasteiger partial charge in [0.1, 0.15) is 5.76 Å². The van der Waals surface area contributed by atoms with Crippen LogP contribution in [-0.4, -0.2) is 28.0 Å². The zero-order chi connectivity index (χ0) is 12.0. The number of aliphatic carboxylic acids is 1. The van der Waals surface area contributed by atoms with E-state index in [2.05, 4.69) is 5.32 Å². The fourth-order valence-electron chi connectivity index (χ4n) is 0.922. The van der Waals surface area contributed by atoms with E-state index in [0.29, 0.717) is 12.3 Å². The molecule has 1 unspecified atom stereocenters. The van der Waals surface area contributed by atoms with E-state index in [1.807, 2.05) is 0 Å². The minimum absolute atomic E-state index is 0.133. The molecule has 0 aliphatic heterocycles. The average molecular weight is 243 g/mol. The lowest BCUT2D eigenvalue weighted by atomic mass is 10.4. The Labute approximate surface area is 97.2 Å². The fraction of sp³-hybridized carbons (Fsp3) is 0.400. The van der Waals surface area contributed by atoms with Gasteiger partial charge in [0, 0.05) is 0 Å². The van der Waals surface area contributed by atoms with E-state index in [9.17, 15) is 9.59 Å². The van der Waals surface area contributed by atoms with Crippen LogP contribution in [0.25, 0.3) is 0 Å². The molecule has 0 spiro atoms. The normalized spacial score (nSPS) is 12.1. The third kappa shape index (κ3) is 4.39. The Morgan fingerprint density at radius 1 is 1.62 bits per heavy atom. The summed E-state index contributed by atoms with van der Waals surface area (Å²) >= 11 is 1.09. The summed E-state index contributed by atoms with van der Waals surface area (Å²) in [4.78, 5) is 21.8. The van der Waals surface area contributed by atoms with Crippen LogP contribution in [0.15, 0.2) is 22.8 Å². The Hall–Kier alpha value is -1.43. The molecule has 0 radical (unpaired) electrons. The Kier molecular flexibility index (Phi) is 4.91. The van der Waals surface area contributed by atoms with E-state index < -0.39 is 11.2 Å². The lowest BCUT2D eigenvalue weighted by Crippen LogP contribution is -2.26. The van der Waals surface area contributed by atoms with Gasteiger partial charge in [-0.15, -0.1) is 11.8 Å². The summed E-state index contributed by atoms with van der Waals surface area (Å²) in [7, 11) is 0. The molecular formula is C10H13NO4S. The molecule has 16 heavy (non-hydrogen) atoms. The van der Waals surface area contributed by atoms with Gasteiger partial charge in [-0.05, 0) is 19.1 Å². The van der Waals surface area contributed by atoms with E-state index in [4.69, 9.17) is 9.52 Å². The fourth-order valence-corrected chi connectivity index (χ4v) is 1.57. The second-order valence-corrected chi connectivity index (χ2v) is 4.48. The van der Waals surface area contributed by atoms with Gasteiger partial charge >= 0.3 is 5.97 Å². The Morgan fingerprint density at radius 3 is 2.94 bits per heavy atom. The van der Waals surface area contributed by atoms with Crippen LogP contribution in [0.2, 0.25) is 0 Å². The maximum Gasteiger partial charge on any atom is 0.316 e. The number of nitrogens with one attached hydrogen (secondary N) is 1. The third-order valence-corrected chi connectivity index (χ3v) is 2.98. The molecular weight excluding hydrogens is 230 g/mol. The summed E-state index contributed by atoms with van der Waals surface area (Å²) in [6, 6.07) is 3.50. The van der Waals surface area contributed by atoms with Crippen LogP contribution in [0, 0.1) is 0 Å². The van der Waals surface area contributed by atoms with E-state index in [-0.39, 0.29) is 11.7 Å². The molecule has 1 amide bonds. The van der Waals surface area contributed by atoms with Crippen LogP contribution in [-0.2, 0) is 16.1 Å². The predicted molar refractivity (Wildman–Crippen MR) is 60.1 cm³/mol. The van der Waals surface area contributed by atoms with Crippen LogP contribution in [0.1, 0.15) is 12.7 Å². The van der Waals surface area contributed by atoms with Crippen molar-refractivity contribution < 1.29 is 19.1 Å². The zero-order valence-electron chi connectivity index (χ0n) is 8.80. The number of thioether (sulfide) groups is 1. The highest BCUT2D eigenvalue weighted by Gasteiger charge is 2.13. The first-order chi connectivity index (χ1) is 7.59. The van der Waals surface area contributed by atoms with E-state index >= 15 is 0 Å². The first-order valence-electron chi connectivity index (χ1n) is 4.73. The standard InChI is InChI=1S/C10H13NO4S/c1-7(10(13)14)16-6-9(12)11-5-8-3-2-4-15-8/h2-4,7H,5-6H2,1H3,(H,11,12)(H,13,14). The molecule has 6 heteroatoms. The second kappa shape index (κ2) is 6.22. The largest absolute Gasteiger partial charge is 0.480 e. The summed E-state index contributed by atoms with van der Waals surface area (Å²) in [5, 5.41) is 10.7. The number of rotatable bonds is 6. The Balaban J connectivity index is 2.19. The topological polar surface area (TPSA) is 79.5 Å². The van der Waals surface area contributed by atoms with Gasteiger partial charge in [-0.1, -0.05) is 0 Å². The molecule has 0 aromatic carbocycles. The maximum atomic E-state index is 11.3. The molecule has 0 saturated carbocycles. The molecule has 0 fully saturated rings. The highest BCUT2D eigenvalue weighted by molar-refractivity contribution is 8.01. The van der Waals surface area contributed by atoms with Crippen molar-refractivity contribution in [3.8, 4) is 0 Å². The molecule has 1 heterocycles. The lowest BCUT2D eigenvalue weighted by molar-refractivity contribution is -0.136. The van der Waals surface area contributed by atoms with Crippen molar-refractivity contribution in [2.45, 2.75) is 18.7 Å². The average Bonchev–Trinajstić information content (AvgIpc) is 2.75. The second-order valence-electron chi connectivity index (χ2n) is 3.15. The molecule has 2 N–H and O–H groups in total. The molecule has 0 aliphatic carbocycles. The van der Waals surface area contributed by atoms with Crippen LogP contribution in [0.4, 0.5) is 0 Å². The highest BCUT2D eigenvalue weighted by Crippen LogP contribution is 2.09. The zero-order valence-corrected chi connectivity index (χ0v) is 9.62. The predicted octanol–water partition coefficient (Wildman–Crippen LogP) is 1.10. The van der Waals surface area contributed by atoms with E-state index in [1.165, 1.54) is 6.26 Å². The molecule has 1 atom stereocenters. The summed E-state index contributed by atoms with van der Waals surface area (Å²) in [6.07, 6.45) is 1.53. The van der Waals surface area contributed by atoms with Gasteiger partial charge in [0.25, 0.3) is 0 Å². The van der Waals surface area contributed by atoms with Crippen LogP contribution < -0.4 is 5.32 Å². The van der Waals surface area contributed by atoms with Crippen molar-refractivity contribution in [1.82, 2.24) is 5.32 Å². The number of amides is 1. The molecule has 88 valence electrons. The molecule has 1 aromatic rings. The van der Waals surface area contributed by atoms with E-state index in [1.54, 1.807) is 19.1 Å². The summed E-state index contributed by atoms with van der Waals surface area (Å²) in [5.74, 6) is -0.309. The minimum Gasteiger partial charge on any atom is -0.480 e. The van der Waals surface area contributed by atoms with E-state index in [0.717, 1.165) is 11.8 Å². The van der Waals surface area contributed by atoms with Gasteiger partial charge in [0.05, 0.1) is 23.8 Å². The summed E-state index contributed by atoms with van der Waals surface area (Å²) in [6.45, 7) is 1.88. The number of hydrogen-bond acceptors (Lipinski definition) is 4.